The zero-order chi connectivity index (χ0) is 20.1. The van der Waals surface area contributed by atoms with E-state index in [9.17, 15) is 19.6 Å². The highest BCUT2D eigenvalue weighted by Crippen LogP contribution is 2.21. The number of likely N-dealkylation sites (tertiary alicyclic amines) is 1. The lowest BCUT2D eigenvalue weighted by atomic mass is 10.1. The van der Waals surface area contributed by atoms with E-state index in [-0.39, 0.29) is 5.91 Å². The Morgan fingerprint density at radius 2 is 2.11 bits per heavy atom. The molecule has 0 spiro atoms. The number of rotatable bonds is 7. The van der Waals surface area contributed by atoms with E-state index < -0.39 is 24.3 Å². The van der Waals surface area contributed by atoms with Crippen molar-refractivity contribution in [2.75, 3.05) is 13.2 Å². The minimum atomic E-state index is -1.04. The molecule has 1 saturated heterocycles. The van der Waals surface area contributed by atoms with Crippen LogP contribution in [0, 0.1) is 18.3 Å². The van der Waals surface area contributed by atoms with Gasteiger partial charge in [0.1, 0.15) is 5.01 Å². The fourth-order valence-electron chi connectivity index (χ4n) is 2.91. The number of carbonyl (C=O) groups is 3. The second-order valence-corrected chi connectivity index (χ2v) is 7.44. The van der Waals surface area contributed by atoms with Crippen LogP contribution in [-0.4, -0.2) is 40.7 Å². The van der Waals surface area contributed by atoms with E-state index >= 15 is 0 Å². The maximum Gasteiger partial charge on any atom is 0.338 e. The number of nitrogens with zero attached hydrogens (tertiary/aromatic N) is 3. The fourth-order valence-corrected chi connectivity index (χ4v) is 3.77. The molecule has 1 aromatic heterocycles. The van der Waals surface area contributed by atoms with Crippen molar-refractivity contribution >= 4 is 29.0 Å². The summed E-state index contributed by atoms with van der Waals surface area (Å²) in [6.07, 6.45) is 1.46. The van der Waals surface area contributed by atoms with Gasteiger partial charge in [0.2, 0.25) is 5.91 Å². The topological polar surface area (TPSA) is 100 Å². The first kappa shape index (κ1) is 19.7. The van der Waals surface area contributed by atoms with E-state index in [0.29, 0.717) is 23.5 Å². The fraction of sp³-hybridized carbons (Fsp3) is 0.350. The summed E-state index contributed by atoms with van der Waals surface area (Å²) >= 11 is 1.23. The van der Waals surface area contributed by atoms with E-state index in [2.05, 4.69) is 4.98 Å². The summed E-state index contributed by atoms with van der Waals surface area (Å²) in [6, 6.07) is 8.66. The van der Waals surface area contributed by atoms with Gasteiger partial charge in [-0.15, -0.1) is 11.3 Å². The van der Waals surface area contributed by atoms with Crippen molar-refractivity contribution in [1.29, 1.82) is 5.26 Å². The van der Waals surface area contributed by atoms with Gasteiger partial charge in [-0.3, -0.25) is 9.59 Å². The number of aromatic nitrogens is 1. The number of Topliss-reactive ketones (excluding diaryl/α,β-unsaturated/α-hetero) is 1. The second-order valence-electron chi connectivity index (χ2n) is 6.55. The molecule has 1 aliphatic heterocycles. The first-order chi connectivity index (χ1) is 13.5. The number of ketones is 1. The van der Waals surface area contributed by atoms with Gasteiger partial charge in [0.25, 0.3) is 0 Å². The Labute approximate surface area is 166 Å². The zero-order valence-electron chi connectivity index (χ0n) is 15.4. The highest BCUT2D eigenvalue weighted by molar-refractivity contribution is 7.09. The molecule has 2 aromatic rings. The number of aryl methyl sites for hydroxylation is 1. The molecule has 0 N–H and O–H groups in total. The molecule has 144 valence electrons. The van der Waals surface area contributed by atoms with Gasteiger partial charge in [-0.05, 0) is 31.0 Å². The molecule has 2 heterocycles. The van der Waals surface area contributed by atoms with Gasteiger partial charge in [-0.25, -0.2) is 9.78 Å². The van der Waals surface area contributed by atoms with Crippen LogP contribution in [0.25, 0.3) is 0 Å². The predicted octanol–water partition coefficient (Wildman–Crippen LogP) is 2.61. The van der Waals surface area contributed by atoms with Gasteiger partial charge >= 0.3 is 5.97 Å². The number of amides is 1. The van der Waals surface area contributed by atoms with Crippen LogP contribution in [0.5, 0.6) is 0 Å². The van der Waals surface area contributed by atoms with Crippen LogP contribution < -0.4 is 0 Å². The Morgan fingerprint density at radius 3 is 2.68 bits per heavy atom. The SMILES string of the molecule is Cc1csc([C@H](C#N)C(=O)COC(=O)c2ccc(CN3CCCC3=O)cc2)n1. The molecule has 1 fully saturated rings. The Bertz CT molecular complexity index is 930. The van der Waals surface area contributed by atoms with Gasteiger partial charge in [0.15, 0.2) is 18.3 Å². The summed E-state index contributed by atoms with van der Waals surface area (Å²) in [5, 5.41) is 11.4. The summed E-state index contributed by atoms with van der Waals surface area (Å²) in [7, 11) is 0. The number of esters is 1. The van der Waals surface area contributed by atoms with E-state index in [1.165, 1.54) is 11.3 Å². The second kappa shape index (κ2) is 8.76. The van der Waals surface area contributed by atoms with Crippen molar-refractivity contribution in [3.8, 4) is 6.07 Å². The molecule has 1 atom stereocenters. The van der Waals surface area contributed by atoms with Gasteiger partial charge < -0.3 is 9.64 Å². The van der Waals surface area contributed by atoms with Crippen molar-refractivity contribution in [3.63, 3.8) is 0 Å². The first-order valence-corrected chi connectivity index (χ1v) is 9.74. The lowest BCUT2D eigenvalue weighted by Gasteiger charge is -2.15. The Kier molecular flexibility index (Phi) is 6.16. The van der Waals surface area contributed by atoms with E-state index in [1.807, 2.05) is 6.07 Å². The molecule has 0 aliphatic carbocycles. The van der Waals surface area contributed by atoms with Crippen LogP contribution >= 0.6 is 11.3 Å². The maximum atomic E-state index is 12.2. The lowest BCUT2D eigenvalue weighted by molar-refractivity contribution is -0.128. The number of benzene rings is 1. The molecule has 0 unspecified atom stereocenters. The molecule has 1 aromatic carbocycles. The van der Waals surface area contributed by atoms with Gasteiger partial charge in [0, 0.05) is 30.6 Å². The molecule has 3 rings (SSSR count). The molecule has 1 amide bonds. The van der Waals surface area contributed by atoms with Crippen molar-refractivity contribution in [1.82, 2.24) is 9.88 Å². The van der Waals surface area contributed by atoms with Crippen LogP contribution in [0.1, 0.15) is 45.4 Å². The third-order valence-corrected chi connectivity index (χ3v) is 5.44. The number of thiazole rings is 1. The predicted molar refractivity (Wildman–Crippen MR) is 102 cm³/mol. The number of hydrogen-bond acceptors (Lipinski definition) is 7. The van der Waals surface area contributed by atoms with Crippen molar-refractivity contribution in [2.45, 2.75) is 32.2 Å². The van der Waals surface area contributed by atoms with Gasteiger partial charge in [0.05, 0.1) is 11.6 Å². The van der Waals surface area contributed by atoms with Gasteiger partial charge in [-0.2, -0.15) is 5.26 Å². The van der Waals surface area contributed by atoms with Crippen LogP contribution in [-0.2, 0) is 20.9 Å². The van der Waals surface area contributed by atoms with Crippen LogP contribution in [0.3, 0.4) is 0 Å². The van der Waals surface area contributed by atoms with E-state index in [4.69, 9.17) is 4.74 Å². The highest BCUT2D eigenvalue weighted by atomic mass is 32.1. The summed E-state index contributed by atoms with van der Waals surface area (Å²) in [4.78, 5) is 42.0. The van der Waals surface area contributed by atoms with E-state index in [1.54, 1.807) is 41.5 Å². The smallest absolute Gasteiger partial charge is 0.338 e. The third kappa shape index (κ3) is 4.61. The Balaban J connectivity index is 1.55. The average Bonchev–Trinajstić information content (AvgIpc) is 3.29. The highest BCUT2D eigenvalue weighted by Gasteiger charge is 2.25. The molecule has 0 radical (unpaired) electrons. The summed E-state index contributed by atoms with van der Waals surface area (Å²) < 4.78 is 5.06. The van der Waals surface area contributed by atoms with Crippen LogP contribution in [0.2, 0.25) is 0 Å². The standard InChI is InChI=1S/C20H19N3O4S/c1-13-12-28-19(22-13)16(9-21)17(24)11-27-20(26)15-6-4-14(5-7-15)10-23-8-2-3-18(23)25/h4-7,12,16H,2-3,8,10-11H2,1H3/t16-/m1/s1. The normalized spacial score (nSPS) is 14.6. The molecule has 0 bridgehead atoms. The number of ether oxygens (including phenoxy) is 1. The number of nitriles is 1. The van der Waals surface area contributed by atoms with Crippen molar-refractivity contribution < 1.29 is 19.1 Å². The lowest BCUT2D eigenvalue weighted by Crippen LogP contribution is -2.23. The van der Waals surface area contributed by atoms with Crippen molar-refractivity contribution in [2.24, 2.45) is 0 Å². The minimum absolute atomic E-state index is 0.143. The quantitative estimate of drug-likeness (QED) is 0.666. The summed E-state index contributed by atoms with van der Waals surface area (Å²) in [6.45, 7) is 2.56. The Morgan fingerprint density at radius 1 is 1.36 bits per heavy atom. The summed E-state index contributed by atoms with van der Waals surface area (Å²) in [5.74, 6) is -2.03. The third-order valence-electron chi connectivity index (χ3n) is 4.41. The molecule has 0 saturated carbocycles. The van der Waals surface area contributed by atoms with Gasteiger partial charge in [-0.1, -0.05) is 12.1 Å². The minimum Gasteiger partial charge on any atom is -0.454 e. The molecule has 1 aliphatic rings. The van der Waals surface area contributed by atoms with Crippen molar-refractivity contribution in [3.05, 3.63) is 51.5 Å². The van der Waals surface area contributed by atoms with Crippen LogP contribution in [0.4, 0.5) is 0 Å². The maximum absolute atomic E-state index is 12.2. The number of carbonyl (C=O) groups excluding carboxylic acids is 3. The molecular weight excluding hydrogens is 378 g/mol. The largest absolute Gasteiger partial charge is 0.454 e. The Hall–Kier alpha value is -3.05. The molecule has 7 nitrogen and oxygen atoms in total. The molecular formula is C20H19N3O4S. The average molecular weight is 397 g/mol. The zero-order valence-corrected chi connectivity index (χ0v) is 16.2. The van der Waals surface area contributed by atoms with E-state index in [0.717, 1.165) is 24.2 Å². The first-order valence-electron chi connectivity index (χ1n) is 8.86. The molecule has 8 heteroatoms. The molecule has 28 heavy (non-hydrogen) atoms. The number of hydrogen-bond donors (Lipinski definition) is 0. The monoisotopic (exact) mass is 397 g/mol. The summed E-state index contributed by atoms with van der Waals surface area (Å²) in [5.41, 5.74) is 1.97. The van der Waals surface area contributed by atoms with Crippen LogP contribution in [0.15, 0.2) is 29.6 Å².